The van der Waals surface area contributed by atoms with Crippen LogP contribution in [0.5, 0.6) is 0 Å². The molecule has 2 saturated heterocycles. The number of likely N-dealkylation sites (tertiary alicyclic amines) is 1. The molecule has 0 aliphatic carbocycles. The Bertz CT molecular complexity index is 559. The molecule has 0 radical (unpaired) electrons. The molecule has 5 nitrogen and oxygen atoms in total. The highest BCUT2D eigenvalue weighted by Gasteiger charge is 2.39. The second-order valence-corrected chi connectivity index (χ2v) is 7.99. The van der Waals surface area contributed by atoms with E-state index >= 15 is 0 Å². The Morgan fingerprint density at radius 2 is 2.09 bits per heavy atom. The predicted octanol–water partition coefficient (Wildman–Crippen LogP) is 2.57. The molecule has 0 spiro atoms. The zero-order valence-corrected chi connectivity index (χ0v) is 15.3. The highest BCUT2D eigenvalue weighted by atomic mass is 32.1. The molecule has 2 aliphatic heterocycles. The summed E-state index contributed by atoms with van der Waals surface area (Å²) in [5, 5.41) is 4.25. The minimum absolute atomic E-state index is 0.134. The van der Waals surface area contributed by atoms with Crippen LogP contribution in [0.1, 0.15) is 41.8 Å². The lowest BCUT2D eigenvalue weighted by Crippen LogP contribution is -2.48. The van der Waals surface area contributed by atoms with Gasteiger partial charge in [-0.25, -0.2) is 9.78 Å². The average Bonchev–Trinajstić information content (AvgIpc) is 2.97. The highest BCUT2D eigenvalue weighted by Crippen LogP contribution is 2.30. The molecule has 2 bridgehead atoms. The summed E-state index contributed by atoms with van der Waals surface area (Å²) >= 11 is 1.74. The van der Waals surface area contributed by atoms with Gasteiger partial charge in [0, 0.05) is 43.0 Å². The molecular weight excluding hydrogens is 308 g/mol. The van der Waals surface area contributed by atoms with E-state index in [4.69, 9.17) is 0 Å². The first-order valence-electron chi connectivity index (χ1n) is 8.80. The molecule has 1 aromatic heterocycles. The lowest BCUT2D eigenvalue weighted by atomic mass is 10.1. The fourth-order valence-corrected chi connectivity index (χ4v) is 4.88. The summed E-state index contributed by atoms with van der Waals surface area (Å²) in [4.78, 5) is 23.0. The van der Waals surface area contributed by atoms with Crippen LogP contribution in [0.2, 0.25) is 0 Å². The van der Waals surface area contributed by atoms with Gasteiger partial charge in [-0.2, -0.15) is 0 Å². The summed E-state index contributed by atoms with van der Waals surface area (Å²) in [7, 11) is 0. The number of likely N-dealkylation sites (N-methyl/N-ethyl adjacent to an activating group) is 1. The van der Waals surface area contributed by atoms with Crippen molar-refractivity contribution in [3.05, 3.63) is 15.6 Å². The van der Waals surface area contributed by atoms with Crippen LogP contribution >= 0.6 is 11.3 Å². The lowest BCUT2D eigenvalue weighted by molar-refractivity contribution is 0.171. The van der Waals surface area contributed by atoms with E-state index in [1.807, 2.05) is 6.92 Å². The van der Waals surface area contributed by atoms with Gasteiger partial charge in [-0.1, -0.05) is 6.92 Å². The van der Waals surface area contributed by atoms with Gasteiger partial charge >= 0.3 is 6.03 Å². The molecule has 1 N–H and O–H groups in total. The molecule has 0 aromatic carbocycles. The van der Waals surface area contributed by atoms with Crippen molar-refractivity contribution in [3.63, 3.8) is 0 Å². The van der Waals surface area contributed by atoms with E-state index in [1.54, 1.807) is 11.3 Å². The van der Waals surface area contributed by atoms with E-state index in [2.05, 4.69) is 33.9 Å². The number of rotatable bonds is 4. The summed E-state index contributed by atoms with van der Waals surface area (Å²) in [6.45, 7) is 10.2. The van der Waals surface area contributed by atoms with Crippen LogP contribution in [0.25, 0.3) is 0 Å². The summed E-state index contributed by atoms with van der Waals surface area (Å²) in [5.74, 6) is 0. The Kier molecular flexibility index (Phi) is 5.21. The van der Waals surface area contributed by atoms with Gasteiger partial charge in [0.1, 0.15) is 0 Å². The fourth-order valence-electron chi connectivity index (χ4n) is 3.94. The van der Waals surface area contributed by atoms with Crippen molar-refractivity contribution < 1.29 is 4.79 Å². The molecular formula is C17H28N4OS. The summed E-state index contributed by atoms with van der Waals surface area (Å²) in [5.41, 5.74) is 1.11. The first-order valence-corrected chi connectivity index (χ1v) is 9.61. The van der Waals surface area contributed by atoms with Gasteiger partial charge in [-0.15, -0.1) is 11.3 Å². The maximum atomic E-state index is 12.7. The first-order chi connectivity index (χ1) is 11.1. The molecule has 3 rings (SSSR count). The van der Waals surface area contributed by atoms with Gasteiger partial charge in [0.05, 0.1) is 10.7 Å². The standard InChI is InChI=1S/C17H28N4OS/c1-4-20-10-8-14-5-6-15(11-20)21(14)17(22)18-9-7-16-12(2)19-13(3)23-16/h14-15H,4-11H2,1-3H3,(H,18,22)/t14-,15+/m1/s1. The number of aryl methyl sites for hydroxylation is 2. The zero-order valence-electron chi connectivity index (χ0n) is 14.5. The van der Waals surface area contributed by atoms with E-state index in [-0.39, 0.29) is 6.03 Å². The van der Waals surface area contributed by atoms with Crippen LogP contribution in [-0.2, 0) is 6.42 Å². The third-order valence-corrected chi connectivity index (χ3v) is 6.31. The third-order valence-electron chi connectivity index (χ3n) is 5.18. The maximum Gasteiger partial charge on any atom is 0.317 e. The Hall–Kier alpha value is -1.14. The Morgan fingerprint density at radius 3 is 2.78 bits per heavy atom. The van der Waals surface area contributed by atoms with E-state index in [9.17, 15) is 4.79 Å². The van der Waals surface area contributed by atoms with Crippen molar-refractivity contribution in [3.8, 4) is 0 Å². The third kappa shape index (κ3) is 3.69. The molecule has 2 aliphatic rings. The number of hydrogen-bond acceptors (Lipinski definition) is 4. The Morgan fingerprint density at radius 1 is 1.30 bits per heavy atom. The first kappa shape index (κ1) is 16.7. The fraction of sp³-hybridized carbons (Fsp3) is 0.765. The van der Waals surface area contributed by atoms with Gasteiger partial charge in [-0.3, -0.25) is 0 Å². The molecule has 1 aromatic rings. The molecule has 6 heteroatoms. The van der Waals surface area contributed by atoms with Crippen molar-refractivity contribution in [2.24, 2.45) is 0 Å². The van der Waals surface area contributed by atoms with Crippen LogP contribution in [0, 0.1) is 13.8 Å². The Balaban J connectivity index is 1.54. The van der Waals surface area contributed by atoms with E-state index < -0.39 is 0 Å². The average molecular weight is 337 g/mol. The number of amides is 2. The number of urea groups is 1. The van der Waals surface area contributed by atoms with Crippen molar-refractivity contribution in [1.82, 2.24) is 20.1 Å². The zero-order chi connectivity index (χ0) is 16.4. The number of aromatic nitrogens is 1. The second-order valence-electron chi connectivity index (χ2n) is 6.70. The van der Waals surface area contributed by atoms with E-state index in [0.717, 1.165) is 49.6 Å². The van der Waals surface area contributed by atoms with Crippen molar-refractivity contribution in [1.29, 1.82) is 0 Å². The van der Waals surface area contributed by atoms with Gasteiger partial charge in [0.2, 0.25) is 0 Å². The van der Waals surface area contributed by atoms with Crippen molar-refractivity contribution in [2.45, 2.75) is 58.5 Å². The van der Waals surface area contributed by atoms with Gasteiger partial charge in [0.15, 0.2) is 0 Å². The number of thiazole rings is 1. The SMILES string of the molecule is CCN1CC[C@H]2CC[C@@H](C1)N2C(=O)NCCc1sc(C)nc1C. The summed E-state index contributed by atoms with van der Waals surface area (Å²) in [6, 6.07) is 0.966. The van der Waals surface area contributed by atoms with Gasteiger partial charge in [-0.05, 0) is 39.7 Å². The predicted molar refractivity (Wildman–Crippen MR) is 94.1 cm³/mol. The lowest BCUT2D eigenvalue weighted by Gasteiger charge is -2.29. The van der Waals surface area contributed by atoms with E-state index in [1.165, 1.54) is 11.3 Å². The molecule has 128 valence electrons. The smallest absolute Gasteiger partial charge is 0.317 e. The van der Waals surface area contributed by atoms with Crippen LogP contribution in [0.3, 0.4) is 0 Å². The topological polar surface area (TPSA) is 48.5 Å². The molecule has 23 heavy (non-hydrogen) atoms. The molecule has 2 atom stereocenters. The van der Waals surface area contributed by atoms with Crippen LogP contribution in [0.4, 0.5) is 4.79 Å². The quantitative estimate of drug-likeness (QED) is 0.919. The second kappa shape index (κ2) is 7.18. The van der Waals surface area contributed by atoms with Crippen LogP contribution < -0.4 is 5.32 Å². The minimum atomic E-state index is 0.134. The summed E-state index contributed by atoms with van der Waals surface area (Å²) < 4.78 is 0. The number of nitrogens with zero attached hydrogens (tertiary/aromatic N) is 3. The normalized spacial score (nSPS) is 24.7. The summed E-state index contributed by atoms with van der Waals surface area (Å²) in [6.07, 6.45) is 4.32. The van der Waals surface area contributed by atoms with Crippen LogP contribution in [-0.4, -0.2) is 59.1 Å². The Labute approximate surface area is 143 Å². The molecule has 0 saturated carbocycles. The molecule has 2 fully saturated rings. The number of carbonyl (C=O) groups excluding carboxylic acids is 1. The highest BCUT2D eigenvalue weighted by molar-refractivity contribution is 7.11. The molecule has 2 amide bonds. The van der Waals surface area contributed by atoms with Crippen LogP contribution in [0.15, 0.2) is 0 Å². The monoisotopic (exact) mass is 336 g/mol. The number of fused-ring (bicyclic) bond motifs is 2. The largest absolute Gasteiger partial charge is 0.338 e. The van der Waals surface area contributed by atoms with Gasteiger partial charge < -0.3 is 15.1 Å². The number of hydrogen-bond donors (Lipinski definition) is 1. The molecule has 0 unspecified atom stereocenters. The van der Waals surface area contributed by atoms with Crippen molar-refractivity contribution >= 4 is 17.4 Å². The molecule has 3 heterocycles. The maximum absolute atomic E-state index is 12.7. The van der Waals surface area contributed by atoms with E-state index in [0.29, 0.717) is 18.6 Å². The van der Waals surface area contributed by atoms with Gasteiger partial charge in [0.25, 0.3) is 0 Å². The number of carbonyl (C=O) groups is 1. The number of nitrogens with one attached hydrogen (secondary N) is 1. The van der Waals surface area contributed by atoms with Crippen molar-refractivity contribution in [2.75, 3.05) is 26.2 Å². The minimum Gasteiger partial charge on any atom is -0.338 e.